The van der Waals surface area contributed by atoms with Crippen molar-refractivity contribution >= 4 is 39.1 Å². The first-order chi connectivity index (χ1) is 18.4. The first-order valence-electron chi connectivity index (χ1n) is 12.9. The maximum Gasteiger partial charge on any atom is 0.264 e. The van der Waals surface area contributed by atoms with Crippen molar-refractivity contribution in [2.45, 2.75) is 64.6 Å². The number of hydrogen-bond acceptors (Lipinski definition) is 4. The molecule has 39 heavy (non-hydrogen) atoms. The average molecular weight is 570 g/mol. The molecule has 0 aliphatic heterocycles. The van der Waals surface area contributed by atoms with E-state index in [0.717, 1.165) is 21.9 Å². The van der Waals surface area contributed by atoms with Gasteiger partial charge in [0.05, 0.1) is 10.6 Å². The molecule has 0 fully saturated rings. The summed E-state index contributed by atoms with van der Waals surface area (Å²) in [6, 6.07) is 19.6. The van der Waals surface area contributed by atoms with E-state index in [2.05, 4.69) is 5.32 Å². The number of benzene rings is 3. The first-order valence-corrected chi connectivity index (χ1v) is 14.8. The minimum absolute atomic E-state index is 0.0461. The standard InChI is InChI=1S/C30H36ClN3O4S/c1-6-22(3)32-30(36)24(5)33(19-25-17-15-21(2)16-18-25)29(35)20-34(28-14-10-13-27(31)23(28)4)39(37,38)26-11-8-7-9-12-26/h7-18,22,24H,6,19-20H2,1-5H3,(H,32,36)/t22-,24+/m1/s1. The zero-order valence-electron chi connectivity index (χ0n) is 23.0. The highest BCUT2D eigenvalue weighted by Crippen LogP contribution is 2.31. The highest BCUT2D eigenvalue weighted by Gasteiger charge is 2.33. The molecule has 9 heteroatoms. The number of rotatable bonds is 11. The lowest BCUT2D eigenvalue weighted by molar-refractivity contribution is -0.139. The molecular weight excluding hydrogens is 534 g/mol. The van der Waals surface area contributed by atoms with Crippen molar-refractivity contribution < 1.29 is 18.0 Å². The van der Waals surface area contributed by atoms with Gasteiger partial charge in [0, 0.05) is 17.6 Å². The topological polar surface area (TPSA) is 86.8 Å². The molecule has 0 radical (unpaired) electrons. The zero-order chi connectivity index (χ0) is 28.7. The Kier molecular flexibility index (Phi) is 10.2. The maximum atomic E-state index is 14.0. The van der Waals surface area contributed by atoms with Crippen LogP contribution in [0.4, 0.5) is 5.69 Å². The second kappa shape index (κ2) is 13.1. The highest BCUT2D eigenvalue weighted by molar-refractivity contribution is 7.92. The van der Waals surface area contributed by atoms with Crippen LogP contribution in [-0.2, 0) is 26.2 Å². The number of nitrogens with zero attached hydrogens (tertiary/aromatic N) is 2. The molecule has 0 aromatic heterocycles. The zero-order valence-corrected chi connectivity index (χ0v) is 24.6. The number of carbonyl (C=O) groups is 2. The number of nitrogens with one attached hydrogen (secondary N) is 1. The molecule has 1 N–H and O–H groups in total. The molecule has 2 amide bonds. The number of halogens is 1. The molecule has 0 unspecified atom stereocenters. The molecule has 0 saturated carbocycles. The quantitative estimate of drug-likeness (QED) is 0.331. The van der Waals surface area contributed by atoms with Gasteiger partial charge in [-0.3, -0.25) is 13.9 Å². The van der Waals surface area contributed by atoms with E-state index in [9.17, 15) is 18.0 Å². The van der Waals surface area contributed by atoms with Gasteiger partial charge in [0.15, 0.2) is 0 Å². The van der Waals surface area contributed by atoms with E-state index in [1.165, 1.54) is 17.0 Å². The Morgan fingerprint density at radius 1 is 0.923 bits per heavy atom. The van der Waals surface area contributed by atoms with Crippen LogP contribution in [0.1, 0.15) is 43.9 Å². The van der Waals surface area contributed by atoms with E-state index in [0.29, 0.717) is 16.3 Å². The number of hydrogen-bond donors (Lipinski definition) is 1. The summed E-state index contributed by atoms with van der Waals surface area (Å²) in [5, 5.41) is 3.32. The lowest BCUT2D eigenvalue weighted by atomic mass is 10.1. The van der Waals surface area contributed by atoms with E-state index < -0.39 is 28.5 Å². The molecule has 0 aliphatic rings. The fourth-order valence-electron chi connectivity index (χ4n) is 4.04. The van der Waals surface area contributed by atoms with Gasteiger partial charge in [-0.05, 0) is 69.5 Å². The molecule has 208 valence electrons. The predicted molar refractivity (Wildman–Crippen MR) is 156 cm³/mol. The van der Waals surface area contributed by atoms with E-state index in [1.807, 2.05) is 45.0 Å². The normalized spacial score (nSPS) is 12.9. The average Bonchev–Trinajstić information content (AvgIpc) is 2.92. The molecule has 2 atom stereocenters. The van der Waals surface area contributed by atoms with Crippen molar-refractivity contribution in [2.75, 3.05) is 10.8 Å². The number of anilines is 1. The van der Waals surface area contributed by atoms with Crippen molar-refractivity contribution in [1.82, 2.24) is 10.2 Å². The number of carbonyl (C=O) groups excluding carboxylic acids is 2. The van der Waals surface area contributed by atoms with Gasteiger partial charge in [0.2, 0.25) is 11.8 Å². The molecule has 3 aromatic rings. The summed E-state index contributed by atoms with van der Waals surface area (Å²) < 4.78 is 28.8. The van der Waals surface area contributed by atoms with Gasteiger partial charge in [-0.15, -0.1) is 0 Å². The lowest BCUT2D eigenvalue weighted by Gasteiger charge is -2.33. The number of aryl methyl sites for hydroxylation is 1. The van der Waals surface area contributed by atoms with Crippen molar-refractivity contribution in [3.8, 4) is 0 Å². The van der Waals surface area contributed by atoms with Crippen LogP contribution in [0.25, 0.3) is 0 Å². The molecule has 0 spiro atoms. The third-order valence-corrected chi connectivity index (χ3v) is 8.94. The Morgan fingerprint density at radius 3 is 2.18 bits per heavy atom. The predicted octanol–water partition coefficient (Wildman–Crippen LogP) is 5.48. The van der Waals surface area contributed by atoms with Crippen LogP contribution in [0.2, 0.25) is 5.02 Å². The van der Waals surface area contributed by atoms with Crippen LogP contribution < -0.4 is 9.62 Å². The first kappa shape index (κ1) is 30.2. The second-order valence-corrected chi connectivity index (χ2v) is 12.0. The summed E-state index contributed by atoms with van der Waals surface area (Å²) in [6.07, 6.45) is 0.738. The van der Waals surface area contributed by atoms with Gasteiger partial charge in [0.25, 0.3) is 10.0 Å². The summed E-state index contributed by atoms with van der Waals surface area (Å²) >= 11 is 6.36. The van der Waals surface area contributed by atoms with Crippen LogP contribution in [-0.4, -0.2) is 43.8 Å². The van der Waals surface area contributed by atoms with Gasteiger partial charge in [-0.1, -0.05) is 72.6 Å². The molecule has 7 nitrogen and oxygen atoms in total. The third kappa shape index (κ3) is 7.40. The van der Waals surface area contributed by atoms with Gasteiger partial charge >= 0.3 is 0 Å². The van der Waals surface area contributed by atoms with Gasteiger partial charge in [-0.2, -0.15) is 0 Å². The summed E-state index contributed by atoms with van der Waals surface area (Å²) in [5.74, 6) is -0.817. The molecule has 0 heterocycles. The SMILES string of the molecule is CC[C@@H](C)NC(=O)[C@H](C)N(Cc1ccc(C)cc1)C(=O)CN(c1cccc(Cl)c1C)S(=O)(=O)c1ccccc1. The van der Waals surface area contributed by atoms with E-state index >= 15 is 0 Å². The molecule has 3 aromatic carbocycles. The Hall–Kier alpha value is -3.36. The molecule has 3 rings (SSSR count). The van der Waals surface area contributed by atoms with E-state index in [-0.39, 0.29) is 23.4 Å². The Balaban J connectivity index is 2.05. The van der Waals surface area contributed by atoms with Crippen LogP contribution in [0.3, 0.4) is 0 Å². The highest BCUT2D eigenvalue weighted by atomic mass is 35.5. The summed E-state index contributed by atoms with van der Waals surface area (Å²) in [4.78, 5) is 28.6. The number of amides is 2. The molecular formula is C30H36ClN3O4S. The van der Waals surface area contributed by atoms with E-state index in [1.54, 1.807) is 50.2 Å². The monoisotopic (exact) mass is 569 g/mol. The molecule has 0 aliphatic carbocycles. The minimum atomic E-state index is -4.14. The van der Waals surface area contributed by atoms with Gasteiger partial charge in [-0.25, -0.2) is 8.42 Å². The minimum Gasteiger partial charge on any atom is -0.352 e. The molecule has 0 saturated heterocycles. The Labute approximate surface area is 236 Å². The van der Waals surface area contributed by atoms with Crippen LogP contribution >= 0.6 is 11.6 Å². The van der Waals surface area contributed by atoms with Crippen molar-refractivity contribution in [1.29, 1.82) is 0 Å². The van der Waals surface area contributed by atoms with Crippen LogP contribution in [0, 0.1) is 13.8 Å². The molecule has 0 bridgehead atoms. The Morgan fingerprint density at radius 2 is 1.56 bits per heavy atom. The van der Waals surface area contributed by atoms with Crippen molar-refractivity contribution in [3.05, 3.63) is 94.5 Å². The van der Waals surface area contributed by atoms with Crippen LogP contribution in [0.15, 0.2) is 77.7 Å². The third-order valence-electron chi connectivity index (χ3n) is 6.76. The van der Waals surface area contributed by atoms with Gasteiger partial charge < -0.3 is 10.2 Å². The number of sulfonamides is 1. The summed E-state index contributed by atoms with van der Waals surface area (Å²) in [5.41, 5.74) is 2.72. The fourth-order valence-corrected chi connectivity index (χ4v) is 5.70. The maximum absolute atomic E-state index is 14.0. The van der Waals surface area contributed by atoms with Crippen LogP contribution in [0.5, 0.6) is 0 Å². The van der Waals surface area contributed by atoms with E-state index in [4.69, 9.17) is 11.6 Å². The summed E-state index contributed by atoms with van der Waals surface area (Å²) in [6.45, 7) is 8.82. The van der Waals surface area contributed by atoms with Gasteiger partial charge in [0.1, 0.15) is 12.6 Å². The van der Waals surface area contributed by atoms with Crippen molar-refractivity contribution in [2.24, 2.45) is 0 Å². The Bertz CT molecular complexity index is 1400. The largest absolute Gasteiger partial charge is 0.352 e. The second-order valence-electron chi connectivity index (χ2n) is 9.71. The smallest absolute Gasteiger partial charge is 0.264 e. The summed E-state index contributed by atoms with van der Waals surface area (Å²) in [7, 11) is -4.14. The van der Waals surface area contributed by atoms with Crippen molar-refractivity contribution in [3.63, 3.8) is 0 Å². The fraction of sp³-hybridized carbons (Fsp3) is 0.333. The lowest BCUT2D eigenvalue weighted by Crippen LogP contribution is -2.52.